The topological polar surface area (TPSA) is 20.2 Å². The minimum atomic E-state index is -0.401. The summed E-state index contributed by atoms with van der Waals surface area (Å²) in [5.41, 5.74) is 2.32. The van der Waals surface area contributed by atoms with Crippen molar-refractivity contribution in [1.29, 1.82) is 0 Å². The lowest BCUT2D eigenvalue weighted by Crippen LogP contribution is -1.90. The van der Waals surface area contributed by atoms with Crippen LogP contribution in [0.25, 0.3) is 10.8 Å². The van der Waals surface area contributed by atoms with Gasteiger partial charge in [0.25, 0.3) is 0 Å². The molecule has 0 saturated carbocycles. The van der Waals surface area contributed by atoms with Crippen LogP contribution >= 0.6 is 11.8 Å². The van der Waals surface area contributed by atoms with Crippen LogP contribution in [0.5, 0.6) is 0 Å². The fourth-order valence-electron chi connectivity index (χ4n) is 2.42. The maximum atomic E-state index is 9.53. The van der Waals surface area contributed by atoms with Crippen molar-refractivity contribution in [2.24, 2.45) is 0 Å². The highest BCUT2D eigenvalue weighted by Gasteiger charge is 2.03. The van der Waals surface area contributed by atoms with Crippen LogP contribution in [0.15, 0.2) is 71.6 Å². The molecular formula is C19H18OS. The van der Waals surface area contributed by atoms with Crippen molar-refractivity contribution < 1.29 is 5.11 Å². The van der Waals surface area contributed by atoms with Crippen LogP contribution in [0.1, 0.15) is 24.2 Å². The molecule has 0 amide bonds. The van der Waals surface area contributed by atoms with Gasteiger partial charge in [0.1, 0.15) is 0 Å². The Kier molecular flexibility index (Phi) is 4.28. The van der Waals surface area contributed by atoms with Crippen LogP contribution in [0.3, 0.4) is 0 Å². The van der Waals surface area contributed by atoms with E-state index in [9.17, 15) is 5.11 Å². The van der Waals surface area contributed by atoms with E-state index in [-0.39, 0.29) is 0 Å². The first-order chi connectivity index (χ1) is 10.2. The lowest BCUT2D eigenvalue weighted by molar-refractivity contribution is 0.199. The summed E-state index contributed by atoms with van der Waals surface area (Å²) >= 11 is 1.83. The van der Waals surface area contributed by atoms with Crippen LogP contribution in [0, 0.1) is 0 Å². The van der Waals surface area contributed by atoms with E-state index in [1.54, 1.807) is 6.92 Å². The normalized spacial score (nSPS) is 12.5. The van der Waals surface area contributed by atoms with E-state index >= 15 is 0 Å². The van der Waals surface area contributed by atoms with Crippen molar-refractivity contribution in [2.45, 2.75) is 23.7 Å². The molecule has 3 aromatic carbocycles. The maximum Gasteiger partial charge on any atom is 0.0761 e. The predicted molar refractivity (Wildman–Crippen MR) is 90.6 cm³/mol. The van der Waals surface area contributed by atoms with Gasteiger partial charge in [-0.05, 0) is 41.0 Å². The third kappa shape index (κ3) is 3.29. The molecule has 0 aliphatic heterocycles. The van der Waals surface area contributed by atoms with Crippen molar-refractivity contribution in [1.82, 2.24) is 0 Å². The van der Waals surface area contributed by atoms with Crippen molar-refractivity contribution in [2.75, 3.05) is 0 Å². The van der Waals surface area contributed by atoms with Gasteiger partial charge in [-0.3, -0.25) is 0 Å². The first-order valence-corrected chi connectivity index (χ1v) is 8.10. The summed E-state index contributed by atoms with van der Waals surface area (Å²) in [6.45, 7) is 1.79. The number of hydrogen-bond donors (Lipinski definition) is 1. The summed E-state index contributed by atoms with van der Waals surface area (Å²) in [4.78, 5) is 1.23. The van der Waals surface area contributed by atoms with Crippen molar-refractivity contribution in [3.05, 3.63) is 77.9 Å². The highest BCUT2D eigenvalue weighted by Crippen LogP contribution is 2.28. The third-order valence-corrected chi connectivity index (χ3v) is 4.70. The Morgan fingerprint density at radius 2 is 1.62 bits per heavy atom. The Balaban J connectivity index is 1.77. The molecule has 2 heteroatoms. The van der Waals surface area contributed by atoms with Gasteiger partial charge in [-0.15, -0.1) is 11.8 Å². The van der Waals surface area contributed by atoms with Gasteiger partial charge in [0, 0.05) is 10.6 Å². The minimum absolute atomic E-state index is 0.401. The number of thioether (sulfide) groups is 1. The van der Waals surface area contributed by atoms with E-state index < -0.39 is 6.10 Å². The van der Waals surface area contributed by atoms with Crippen LogP contribution in [-0.4, -0.2) is 5.11 Å². The summed E-state index contributed by atoms with van der Waals surface area (Å²) in [6.07, 6.45) is -0.401. The molecule has 0 aromatic heterocycles. The second-order valence-electron chi connectivity index (χ2n) is 5.17. The Morgan fingerprint density at radius 1 is 0.905 bits per heavy atom. The summed E-state index contributed by atoms with van der Waals surface area (Å²) in [7, 11) is 0. The molecule has 3 rings (SSSR count). The first kappa shape index (κ1) is 14.2. The average molecular weight is 294 g/mol. The molecule has 0 aliphatic carbocycles. The summed E-state index contributed by atoms with van der Waals surface area (Å²) in [5.74, 6) is 0.954. The molecule has 0 aliphatic rings. The number of aliphatic hydroxyl groups excluding tert-OH is 1. The standard InChI is InChI=1S/C19H18OS/c1-14(20)15-9-11-18(12-10-15)21-13-17-7-4-6-16-5-2-3-8-19(16)17/h2-12,14,20H,13H2,1H3. The zero-order valence-corrected chi connectivity index (χ0v) is 12.8. The van der Waals surface area contributed by atoms with Gasteiger partial charge in [0.2, 0.25) is 0 Å². The largest absolute Gasteiger partial charge is 0.389 e. The smallest absolute Gasteiger partial charge is 0.0761 e. The summed E-state index contributed by atoms with van der Waals surface area (Å²) in [6, 6.07) is 23.1. The van der Waals surface area contributed by atoms with Gasteiger partial charge in [-0.1, -0.05) is 54.6 Å². The van der Waals surface area contributed by atoms with Gasteiger partial charge in [0.05, 0.1) is 6.10 Å². The van der Waals surface area contributed by atoms with Gasteiger partial charge in [-0.2, -0.15) is 0 Å². The molecule has 3 aromatic rings. The Morgan fingerprint density at radius 3 is 2.38 bits per heavy atom. The van der Waals surface area contributed by atoms with E-state index in [1.807, 2.05) is 23.9 Å². The molecule has 1 atom stereocenters. The number of benzene rings is 3. The molecule has 0 radical (unpaired) electrons. The first-order valence-electron chi connectivity index (χ1n) is 7.11. The minimum Gasteiger partial charge on any atom is -0.389 e. The monoisotopic (exact) mass is 294 g/mol. The molecule has 0 bridgehead atoms. The lowest BCUT2D eigenvalue weighted by Gasteiger charge is -2.08. The fraction of sp³-hybridized carbons (Fsp3) is 0.158. The zero-order chi connectivity index (χ0) is 14.7. The van der Waals surface area contributed by atoms with Crippen molar-refractivity contribution in [3.63, 3.8) is 0 Å². The molecule has 0 spiro atoms. The third-order valence-electron chi connectivity index (χ3n) is 3.64. The van der Waals surface area contributed by atoms with Crippen LogP contribution in [0.2, 0.25) is 0 Å². The van der Waals surface area contributed by atoms with Crippen LogP contribution < -0.4 is 0 Å². The molecule has 0 heterocycles. The average Bonchev–Trinajstić information content (AvgIpc) is 2.53. The van der Waals surface area contributed by atoms with E-state index in [4.69, 9.17) is 0 Å². The van der Waals surface area contributed by atoms with E-state index in [2.05, 4.69) is 54.6 Å². The van der Waals surface area contributed by atoms with Gasteiger partial charge < -0.3 is 5.11 Å². The van der Waals surface area contributed by atoms with Gasteiger partial charge in [-0.25, -0.2) is 0 Å². The van der Waals surface area contributed by atoms with Crippen LogP contribution in [-0.2, 0) is 5.75 Å². The van der Waals surface area contributed by atoms with Crippen molar-refractivity contribution >= 4 is 22.5 Å². The highest BCUT2D eigenvalue weighted by atomic mass is 32.2. The molecule has 0 saturated heterocycles. The number of rotatable bonds is 4. The Labute approximate surface area is 129 Å². The number of fused-ring (bicyclic) bond motifs is 1. The predicted octanol–water partition coefficient (Wildman–Crippen LogP) is 5.19. The molecule has 21 heavy (non-hydrogen) atoms. The fourth-order valence-corrected chi connectivity index (χ4v) is 3.32. The summed E-state index contributed by atoms with van der Waals surface area (Å²) < 4.78 is 0. The molecule has 106 valence electrons. The maximum absolute atomic E-state index is 9.53. The number of hydrogen-bond acceptors (Lipinski definition) is 2. The molecule has 1 nitrogen and oxygen atoms in total. The molecule has 0 fully saturated rings. The highest BCUT2D eigenvalue weighted by molar-refractivity contribution is 7.98. The van der Waals surface area contributed by atoms with Crippen LogP contribution in [0.4, 0.5) is 0 Å². The van der Waals surface area contributed by atoms with Gasteiger partial charge >= 0.3 is 0 Å². The Hall–Kier alpha value is -1.77. The van der Waals surface area contributed by atoms with E-state index in [1.165, 1.54) is 21.2 Å². The van der Waals surface area contributed by atoms with Crippen molar-refractivity contribution in [3.8, 4) is 0 Å². The lowest BCUT2D eigenvalue weighted by atomic mass is 10.1. The zero-order valence-electron chi connectivity index (χ0n) is 12.0. The quantitative estimate of drug-likeness (QED) is 0.669. The SMILES string of the molecule is CC(O)c1ccc(SCc2cccc3ccccc23)cc1. The second-order valence-corrected chi connectivity index (χ2v) is 6.22. The van der Waals surface area contributed by atoms with E-state index in [0.717, 1.165) is 11.3 Å². The van der Waals surface area contributed by atoms with Gasteiger partial charge in [0.15, 0.2) is 0 Å². The Bertz CT molecular complexity index is 727. The molecular weight excluding hydrogens is 276 g/mol. The number of aliphatic hydroxyl groups is 1. The van der Waals surface area contributed by atoms with E-state index in [0.29, 0.717) is 0 Å². The molecule has 1 unspecified atom stereocenters. The molecule has 1 N–H and O–H groups in total. The summed E-state index contributed by atoms with van der Waals surface area (Å²) in [5, 5.41) is 12.2. The second kappa shape index (κ2) is 6.33.